The van der Waals surface area contributed by atoms with Crippen molar-refractivity contribution < 1.29 is 0 Å². The van der Waals surface area contributed by atoms with Crippen molar-refractivity contribution in [3.63, 3.8) is 0 Å². The van der Waals surface area contributed by atoms with Crippen LogP contribution in [0.4, 0.5) is 17.1 Å². The molecule has 22 heavy (non-hydrogen) atoms. The summed E-state index contributed by atoms with van der Waals surface area (Å²) in [4.78, 5) is 27.3. The fourth-order valence-corrected chi connectivity index (χ4v) is 2.23. The highest BCUT2D eigenvalue weighted by atomic mass is 16.2. The van der Waals surface area contributed by atoms with Crippen LogP contribution in [0.5, 0.6) is 0 Å². The molecule has 0 saturated heterocycles. The number of hydrogen-bond acceptors (Lipinski definition) is 5. The molecule has 0 unspecified atom stereocenters. The number of benzene rings is 1. The number of nitrogens with zero attached hydrogens (tertiary/aromatic N) is 1. The molecule has 1 radical (unpaired) electrons. The van der Waals surface area contributed by atoms with Crippen LogP contribution in [0, 0.1) is 6.20 Å². The molecule has 1 atom stereocenters. The van der Waals surface area contributed by atoms with Crippen LogP contribution in [0.15, 0.2) is 58.3 Å². The monoisotopic (exact) mass is 292 g/mol. The SMILES string of the molecule is C[C@@H](Nc1c(Nc2c[c]ncc2)c(=O)c1=O)c1ccccc1. The Kier molecular flexibility index (Phi) is 3.70. The summed E-state index contributed by atoms with van der Waals surface area (Å²) in [5.74, 6) is 0. The van der Waals surface area contributed by atoms with E-state index in [1.165, 1.54) is 0 Å². The fourth-order valence-electron chi connectivity index (χ4n) is 2.23. The van der Waals surface area contributed by atoms with Crippen LogP contribution in [0.3, 0.4) is 0 Å². The Morgan fingerprint density at radius 2 is 1.77 bits per heavy atom. The smallest absolute Gasteiger partial charge is 0.253 e. The normalized spacial score (nSPS) is 12.0. The van der Waals surface area contributed by atoms with E-state index in [4.69, 9.17) is 0 Å². The standard InChI is InChI=1S/C17H14N3O2/c1-11(12-5-3-2-4-6-12)19-14-15(17(22)16(14)21)20-13-7-9-18-10-8-13/h2-9,11,19H,1H3,(H,18,20)/t11-/m1/s1. The molecule has 0 fully saturated rings. The molecule has 0 aliphatic rings. The molecule has 0 amide bonds. The van der Waals surface area contributed by atoms with E-state index in [2.05, 4.69) is 21.8 Å². The van der Waals surface area contributed by atoms with Crippen molar-refractivity contribution in [3.05, 3.63) is 80.9 Å². The molecule has 3 aromatic rings. The van der Waals surface area contributed by atoms with Crippen molar-refractivity contribution in [3.8, 4) is 0 Å². The predicted octanol–water partition coefficient (Wildman–Crippen LogP) is 2.39. The maximum Gasteiger partial charge on any atom is 0.253 e. The Morgan fingerprint density at radius 1 is 1.05 bits per heavy atom. The number of nitrogens with one attached hydrogen (secondary N) is 2. The van der Waals surface area contributed by atoms with E-state index in [-0.39, 0.29) is 11.7 Å². The van der Waals surface area contributed by atoms with E-state index < -0.39 is 10.9 Å². The van der Waals surface area contributed by atoms with E-state index >= 15 is 0 Å². The molecular weight excluding hydrogens is 278 g/mol. The van der Waals surface area contributed by atoms with Crippen LogP contribution in [0.2, 0.25) is 0 Å². The second kappa shape index (κ2) is 5.81. The zero-order valence-electron chi connectivity index (χ0n) is 12.0. The van der Waals surface area contributed by atoms with Gasteiger partial charge in [0, 0.05) is 17.9 Å². The van der Waals surface area contributed by atoms with Gasteiger partial charge >= 0.3 is 0 Å². The van der Waals surface area contributed by atoms with Crippen molar-refractivity contribution in [2.75, 3.05) is 10.6 Å². The summed E-state index contributed by atoms with van der Waals surface area (Å²) < 4.78 is 0. The van der Waals surface area contributed by atoms with Crippen LogP contribution >= 0.6 is 0 Å². The Hall–Kier alpha value is -2.95. The Labute approximate surface area is 127 Å². The van der Waals surface area contributed by atoms with E-state index in [0.717, 1.165) is 5.56 Å². The lowest BCUT2D eigenvalue weighted by atomic mass is 10.1. The Bertz CT molecular complexity index is 837. The summed E-state index contributed by atoms with van der Waals surface area (Å²) in [6, 6.07) is 13.0. The molecule has 0 spiro atoms. The van der Waals surface area contributed by atoms with Crippen molar-refractivity contribution >= 4 is 17.1 Å². The Balaban J connectivity index is 1.82. The van der Waals surface area contributed by atoms with Gasteiger partial charge in [-0.1, -0.05) is 30.3 Å². The van der Waals surface area contributed by atoms with Crippen LogP contribution in [-0.4, -0.2) is 4.98 Å². The number of hydrogen-bond donors (Lipinski definition) is 2. The molecular formula is C17H14N3O2. The van der Waals surface area contributed by atoms with Gasteiger partial charge in [0.2, 0.25) is 0 Å². The Morgan fingerprint density at radius 3 is 2.45 bits per heavy atom. The summed E-state index contributed by atoms with van der Waals surface area (Å²) >= 11 is 0. The van der Waals surface area contributed by atoms with Gasteiger partial charge in [0.15, 0.2) is 0 Å². The number of aromatic nitrogens is 1. The second-order valence-electron chi connectivity index (χ2n) is 4.98. The molecule has 1 aromatic heterocycles. The molecule has 0 aliphatic carbocycles. The van der Waals surface area contributed by atoms with Crippen molar-refractivity contribution in [1.29, 1.82) is 0 Å². The van der Waals surface area contributed by atoms with Gasteiger partial charge in [-0.15, -0.1) is 0 Å². The van der Waals surface area contributed by atoms with Gasteiger partial charge in [-0.25, -0.2) is 0 Å². The van der Waals surface area contributed by atoms with E-state index in [0.29, 0.717) is 11.4 Å². The summed E-state index contributed by atoms with van der Waals surface area (Å²) in [6.45, 7) is 1.94. The fraction of sp³-hybridized carbons (Fsp3) is 0.118. The van der Waals surface area contributed by atoms with Crippen LogP contribution in [-0.2, 0) is 0 Å². The van der Waals surface area contributed by atoms with E-state index in [1.807, 2.05) is 37.3 Å². The minimum absolute atomic E-state index is 0.0750. The summed E-state index contributed by atoms with van der Waals surface area (Å²) in [6.07, 6.45) is 4.23. The molecule has 2 N–H and O–H groups in total. The highest BCUT2D eigenvalue weighted by Gasteiger charge is 2.22. The summed E-state index contributed by atoms with van der Waals surface area (Å²) in [5, 5.41) is 6.05. The highest BCUT2D eigenvalue weighted by molar-refractivity contribution is 5.78. The van der Waals surface area contributed by atoms with Gasteiger partial charge < -0.3 is 10.6 Å². The molecule has 0 bridgehead atoms. The van der Waals surface area contributed by atoms with Crippen LogP contribution in [0.25, 0.3) is 0 Å². The third-order valence-electron chi connectivity index (χ3n) is 3.46. The second-order valence-corrected chi connectivity index (χ2v) is 4.98. The van der Waals surface area contributed by atoms with Gasteiger partial charge in [-0.05, 0) is 24.6 Å². The number of anilines is 3. The number of pyridine rings is 1. The first-order chi connectivity index (χ1) is 10.7. The zero-order chi connectivity index (χ0) is 15.5. The lowest BCUT2D eigenvalue weighted by Gasteiger charge is -2.19. The van der Waals surface area contributed by atoms with Gasteiger partial charge in [0.25, 0.3) is 10.9 Å². The molecule has 1 heterocycles. The molecule has 2 aromatic carbocycles. The first kappa shape index (κ1) is 14.0. The van der Waals surface area contributed by atoms with Gasteiger partial charge in [-0.2, -0.15) is 0 Å². The van der Waals surface area contributed by atoms with Crippen molar-refractivity contribution in [1.82, 2.24) is 4.98 Å². The van der Waals surface area contributed by atoms with Gasteiger partial charge in [0.05, 0.1) is 6.20 Å². The average Bonchev–Trinajstić information content (AvgIpc) is 2.59. The molecule has 3 rings (SSSR count). The lowest BCUT2D eigenvalue weighted by molar-refractivity contribution is 0.880. The van der Waals surface area contributed by atoms with Crippen LogP contribution in [0.1, 0.15) is 18.5 Å². The average molecular weight is 292 g/mol. The predicted molar refractivity (Wildman–Crippen MR) is 86.2 cm³/mol. The van der Waals surface area contributed by atoms with E-state index in [1.54, 1.807) is 18.3 Å². The first-order valence-corrected chi connectivity index (χ1v) is 6.90. The summed E-state index contributed by atoms with van der Waals surface area (Å²) in [5.41, 5.74) is 1.30. The van der Waals surface area contributed by atoms with Crippen molar-refractivity contribution in [2.45, 2.75) is 13.0 Å². The molecule has 109 valence electrons. The van der Waals surface area contributed by atoms with Crippen LogP contribution < -0.4 is 21.5 Å². The van der Waals surface area contributed by atoms with Gasteiger partial charge in [-0.3, -0.25) is 14.6 Å². The molecule has 0 saturated carbocycles. The maximum absolute atomic E-state index is 11.8. The quantitative estimate of drug-likeness (QED) is 0.707. The molecule has 5 nitrogen and oxygen atoms in total. The zero-order valence-corrected chi connectivity index (χ0v) is 12.0. The van der Waals surface area contributed by atoms with Crippen molar-refractivity contribution in [2.24, 2.45) is 0 Å². The number of rotatable bonds is 5. The molecule has 5 heteroatoms. The molecule has 0 aliphatic heterocycles. The third kappa shape index (κ3) is 2.61. The first-order valence-electron chi connectivity index (χ1n) is 6.90. The largest absolute Gasteiger partial charge is 0.373 e. The van der Waals surface area contributed by atoms with E-state index in [9.17, 15) is 9.59 Å². The topological polar surface area (TPSA) is 71.1 Å². The minimum atomic E-state index is -0.514. The highest BCUT2D eigenvalue weighted by Crippen LogP contribution is 2.24. The third-order valence-corrected chi connectivity index (χ3v) is 3.46. The lowest BCUT2D eigenvalue weighted by Crippen LogP contribution is -2.37. The van der Waals surface area contributed by atoms with Gasteiger partial charge in [0.1, 0.15) is 11.4 Å². The minimum Gasteiger partial charge on any atom is -0.373 e. The maximum atomic E-state index is 11.8. The summed E-state index contributed by atoms with van der Waals surface area (Å²) in [7, 11) is 0.